The molecule has 0 heterocycles. The number of hydrogen-bond donors (Lipinski definition) is 2. The minimum absolute atomic E-state index is 0.216. The third kappa shape index (κ3) is 4.89. The molecule has 1 aliphatic rings. The number of ether oxygens (including phenoxy) is 1. The maximum atomic E-state index is 6.11. The fraction of sp³-hybridized carbons (Fsp3) is 0.588. The molecule has 2 N–H and O–H groups in total. The Balaban J connectivity index is 1.78. The molecule has 0 saturated heterocycles. The number of hydrogen-bond acceptors (Lipinski definition) is 2. The highest BCUT2D eigenvalue weighted by Gasteiger charge is 2.44. The van der Waals surface area contributed by atoms with Crippen LogP contribution in [0.2, 0.25) is 5.02 Å². The summed E-state index contributed by atoms with van der Waals surface area (Å²) >= 11 is 6.11. The van der Waals surface area contributed by atoms with Gasteiger partial charge < -0.3 is 15.4 Å². The number of nitrogens with one attached hydrogen (secondary N) is 2. The first-order chi connectivity index (χ1) is 10.7. The average Bonchev–Trinajstić information content (AvgIpc) is 3.31. The first-order valence-corrected chi connectivity index (χ1v) is 8.36. The van der Waals surface area contributed by atoms with Gasteiger partial charge in [0.2, 0.25) is 0 Å². The van der Waals surface area contributed by atoms with Gasteiger partial charge in [-0.1, -0.05) is 23.7 Å². The first-order valence-electron chi connectivity index (χ1n) is 7.98. The zero-order valence-electron chi connectivity index (χ0n) is 13.5. The zero-order valence-corrected chi connectivity index (χ0v) is 14.2. The molecule has 2 rings (SSSR count). The van der Waals surface area contributed by atoms with Crippen LogP contribution in [0.5, 0.6) is 0 Å². The second-order valence-corrected chi connectivity index (χ2v) is 6.13. The van der Waals surface area contributed by atoms with E-state index >= 15 is 0 Å². The lowest BCUT2D eigenvalue weighted by Gasteiger charge is -2.19. The van der Waals surface area contributed by atoms with Gasteiger partial charge in [0, 0.05) is 43.8 Å². The molecule has 0 spiro atoms. The van der Waals surface area contributed by atoms with Crippen molar-refractivity contribution in [2.24, 2.45) is 4.99 Å². The topological polar surface area (TPSA) is 45.6 Å². The number of nitrogens with zero attached hydrogens (tertiary/aromatic N) is 1. The van der Waals surface area contributed by atoms with Crippen molar-refractivity contribution in [3.8, 4) is 0 Å². The molecule has 0 bridgehead atoms. The van der Waals surface area contributed by atoms with Gasteiger partial charge >= 0.3 is 0 Å². The molecule has 1 aromatic rings. The maximum Gasteiger partial charge on any atom is 0.191 e. The molecule has 1 aliphatic carbocycles. The van der Waals surface area contributed by atoms with Crippen molar-refractivity contribution in [2.45, 2.75) is 31.6 Å². The monoisotopic (exact) mass is 323 g/mol. The van der Waals surface area contributed by atoms with Crippen LogP contribution in [0.4, 0.5) is 0 Å². The Morgan fingerprint density at radius 3 is 2.82 bits per heavy atom. The number of aliphatic imine (C=N–C) groups is 1. The van der Waals surface area contributed by atoms with Crippen LogP contribution in [0.1, 0.15) is 31.7 Å². The Morgan fingerprint density at radius 2 is 2.18 bits per heavy atom. The largest absolute Gasteiger partial charge is 0.382 e. The molecule has 122 valence electrons. The summed E-state index contributed by atoms with van der Waals surface area (Å²) in [4.78, 5) is 4.28. The van der Waals surface area contributed by atoms with Crippen LogP contribution in [0, 0.1) is 0 Å². The number of benzene rings is 1. The van der Waals surface area contributed by atoms with Gasteiger partial charge in [-0.3, -0.25) is 4.99 Å². The van der Waals surface area contributed by atoms with Gasteiger partial charge in [-0.2, -0.15) is 0 Å². The Kier molecular flexibility index (Phi) is 6.52. The molecule has 5 heteroatoms. The van der Waals surface area contributed by atoms with Gasteiger partial charge in [0.25, 0.3) is 0 Å². The van der Waals surface area contributed by atoms with Crippen LogP contribution in [-0.2, 0) is 10.2 Å². The first kappa shape index (κ1) is 17.1. The van der Waals surface area contributed by atoms with E-state index in [0.717, 1.165) is 43.7 Å². The van der Waals surface area contributed by atoms with Crippen LogP contribution in [0.25, 0.3) is 0 Å². The van der Waals surface area contributed by atoms with E-state index in [2.05, 4.69) is 27.8 Å². The molecule has 0 aliphatic heterocycles. The van der Waals surface area contributed by atoms with Gasteiger partial charge in [0.15, 0.2) is 5.96 Å². The predicted molar refractivity (Wildman–Crippen MR) is 92.8 cm³/mol. The van der Waals surface area contributed by atoms with E-state index < -0.39 is 0 Å². The van der Waals surface area contributed by atoms with E-state index in [4.69, 9.17) is 16.3 Å². The van der Waals surface area contributed by atoms with Gasteiger partial charge in [-0.05, 0) is 43.9 Å². The Labute approximate surface area is 138 Å². The Hall–Kier alpha value is -1.26. The maximum absolute atomic E-state index is 6.11. The highest BCUT2D eigenvalue weighted by Crippen LogP contribution is 2.48. The summed E-state index contributed by atoms with van der Waals surface area (Å²) in [5.74, 6) is 0.852. The summed E-state index contributed by atoms with van der Waals surface area (Å²) < 4.78 is 5.33. The van der Waals surface area contributed by atoms with E-state index in [9.17, 15) is 0 Å². The molecular weight excluding hydrogens is 298 g/mol. The van der Waals surface area contributed by atoms with E-state index in [1.54, 1.807) is 7.05 Å². The SMILES string of the molecule is CCOCCCNC(=NC)NCC1(c2cccc(Cl)c2)CC1. The van der Waals surface area contributed by atoms with Crippen molar-refractivity contribution in [3.05, 3.63) is 34.9 Å². The van der Waals surface area contributed by atoms with Crippen LogP contribution < -0.4 is 10.6 Å². The summed E-state index contributed by atoms with van der Waals surface area (Å²) in [5.41, 5.74) is 1.53. The summed E-state index contributed by atoms with van der Waals surface area (Å²) in [6.07, 6.45) is 3.37. The smallest absolute Gasteiger partial charge is 0.191 e. The van der Waals surface area contributed by atoms with Crippen molar-refractivity contribution in [1.82, 2.24) is 10.6 Å². The van der Waals surface area contributed by atoms with Gasteiger partial charge in [0.1, 0.15) is 0 Å². The van der Waals surface area contributed by atoms with E-state index in [0.29, 0.717) is 0 Å². The minimum atomic E-state index is 0.216. The quantitative estimate of drug-likeness (QED) is 0.439. The molecule has 1 aromatic carbocycles. The lowest BCUT2D eigenvalue weighted by atomic mass is 9.96. The van der Waals surface area contributed by atoms with Gasteiger partial charge in [-0.15, -0.1) is 0 Å². The Bertz CT molecular complexity index is 500. The second kappa shape index (κ2) is 8.39. The molecule has 0 amide bonds. The van der Waals surface area contributed by atoms with Crippen LogP contribution in [0.15, 0.2) is 29.3 Å². The second-order valence-electron chi connectivity index (χ2n) is 5.69. The van der Waals surface area contributed by atoms with E-state index in [-0.39, 0.29) is 5.41 Å². The summed E-state index contributed by atoms with van der Waals surface area (Å²) in [6, 6.07) is 8.19. The summed E-state index contributed by atoms with van der Waals surface area (Å²) in [6.45, 7) is 5.32. The van der Waals surface area contributed by atoms with Crippen molar-refractivity contribution >= 4 is 17.6 Å². The molecule has 1 saturated carbocycles. The van der Waals surface area contributed by atoms with Crippen LogP contribution in [0.3, 0.4) is 0 Å². The zero-order chi connectivity index (χ0) is 15.8. The van der Waals surface area contributed by atoms with E-state index in [1.807, 2.05) is 19.1 Å². The van der Waals surface area contributed by atoms with Crippen LogP contribution in [-0.4, -0.2) is 39.3 Å². The Morgan fingerprint density at radius 1 is 1.36 bits per heavy atom. The lowest BCUT2D eigenvalue weighted by molar-refractivity contribution is 0.145. The predicted octanol–water partition coefficient (Wildman–Crippen LogP) is 2.96. The number of guanidine groups is 1. The number of rotatable bonds is 8. The molecule has 22 heavy (non-hydrogen) atoms. The minimum Gasteiger partial charge on any atom is -0.382 e. The molecule has 4 nitrogen and oxygen atoms in total. The van der Waals surface area contributed by atoms with Gasteiger partial charge in [-0.25, -0.2) is 0 Å². The third-order valence-corrected chi connectivity index (χ3v) is 4.31. The highest BCUT2D eigenvalue weighted by molar-refractivity contribution is 6.30. The van der Waals surface area contributed by atoms with Crippen LogP contribution >= 0.6 is 11.6 Å². The highest BCUT2D eigenvalue weighted by atomic mass is 35.5. The molecule has 1 fully saturated rings. The van der Waals surface area contributed by atoms with Crippen molar-refractivity contribution in [3.63, 3.8) is 0 Å². The normalized spacial score (nSPS) is 16.4. The lowest BCUT2D eigenvalue weighted by Crippen LogP contribution is -2.41. The molecule has 0 radical (unpaired) electrons. The standard InChI is InChI=1S/C17H26ClN3O/c1-3-22-11-5-10-20-16(19-2)21-13-17(8-9-17)14-6-4-7-15(18)12-14/h4,6-7,12H,3,5,8-11,13H2,1-2H3,(H2,19,20,21). The molecule has 0 aromatic heterocycles. The molecule has 0 atom stereocenters. The molecule has 0 unspecified atom stereocenters. The molecular formula is C17H26ClN3O. The summed E-state index contributed by atoms with van der Waals surface area (Å²) in [7, 11) is 1.80. The van der Waals surface area contributed by atoms with Crippen molar-refractivity contribution in [1.29, 1.82) is 0 Å². The fourth-order valence-corrected chi connectivity index (χ4v) is 2.73. The van der Waals surface area contributed by atoms with Crippen molar-refractivity contribution < 1.29 is 4.74 Å². The average molecular weight is 324 g/mol. The summed E-state index contributed by atoms with van der Waals surface area (Å²) in [5, 5.41) is 7.57. The van der Waals surface area contributed by atoms with Gasteiger partial charge in [0.05, 0.1) is 0 Å². The third-order valence-electron chi connectivity index (χ3n) is 4.07. The van der Waals surface area contributed by atoms with E-state index in [1.165, 1.54) is 18.4 Å². The fourth-order valence-electron chi connectivity index (χ4n) is 2.54. The number of halogens is 1. The van der Waals surface area contributed by atoms with Crippen molar-refractivity contribution in [2.75, 3.05) is 33.4 Å².